The number of amides is 3. The van der Waals surface area contributed by atoms with Gasteiger partial charge in [-0.2, -0.15) is 0 Å². The molecule has 1 fully saturated rings. The predicted molar refractivity (Wildman–Crippen MR) is 128 cm³/mol. The maximum atomic E-state index is 13.1. The van der Waals surface area contributed by atoms with Crippen molar-refractivity contribution in [2.45, 2.75) is 6.54 Å². The van der Waals surface area contributed by atoms with E-state index in [2.05, 4.69) is 20.1 Å². The maximum Gasteiger partial charge on any atom is 0.261 e. The number of piperazine rings is 1. The van der Waals surface area contributed by atoms with Crippen LogP contribution in [0.15, 0.2) is 60.9 Å². The number of nitrogens with one attached hydrogen (secondary N) is 1. The van der Waals surface area contributed by atoms with E-state index in [1.165, 1.54) is 4.90 Å². The standard InChI is InChI=1S/C26H27N5O3/c32-23(28-17-19-4-3-9-27-16-19)18-30-12-10-29(11-13-30)14-15-31-25(33)21-7-1-5-20-6-2-8-22(24(20)21)26(31)34/h1-9,16H,10-15,17-18H2,(H,28,32). The van der Waals surface area contributed by atoms with E-state index in [4.69, 9.17) is 0 Å². The molecule has 0 radical (unpaired) electrons. The Morgan fingerprint density at radius 1 is 0.853 bits per heavy atom. The maximum absolute atomic E-state index is 13.1. The lowest BCUT2D eigenvalue weighted by Crippen LogP contribution is -2.52. The van der Waals surface area contributed by atoms with Crippen LogP contribution in [0, 0.1) is 0 Å². The molecule has 1 saturated heterocycles. The number of hydrogen-bond donors (Lipinski definition) is 1. The summed E-state index contributed by atoms with van der Waals surface area (Å²) in [4.78, 5) is 48.2. The highest BCUT2D eigenvalue weighted by molar-refractivity contribution is 6.25. The summed E-state index contributed by atoms with van der Waals surface area (Å²) in [5, 5.41) is 4.61. The molecule has 0 aliphatic carbocycles. The minimum absolute atomic E-state index is 0.00495. The second-order valence-electron chi connectivity index (χ2n) is 8.73. The molecule has 2 aliphatic heterocycles. The molecule has 1 aromatic heterocycles. The Labute approximate surface area is 198 Å². The monoisotopic (exact) mass is 457 g/mol. The van der Waals surface area contributed by atoms with E-state index in [1.807, 2.05) is 36.4 Å². The summed E-state index contributed by atoms with van der Waals surface area (Å²) in [5.74, 6) is -0.453. The van der Waals surface area contributed by atoms with Gasteiger partial charge in [0.15, 0.2) is 0 Å². The summed E-state index contributed by atoms with van der Waals surface area (Å²) in [6.45, 7) is 4.93. The normalized spacial score (nSPS) is 16.8. The van der Waals surface area contributed by atoms with Crippen LogP contribution in [0.3, 0.4) is 0 Å². The molecule has 5 rings (SSSR count). The molecule has 34 heavy (non-hydrogen) atoms. The van der Waals surface area contributed by atoms with Crippen LogP contribution in [-0.4, -0.2) is 83.2 Å². The minimum atomic E-state index is -0.224. The van der Waals surface area contributed by atoms with Crippen LogP contribution < -0.4 is 5.32 Å². The number of benzene rings is 2. The lowest BCUT2D eigenvalue weighted by Gasteiger charge is -2.35. The van der Waals surface area contributed by atoms with Gasteiger partial charge in [0.25, 0.3) is 11.8 Å². The molecular weight excluding hydrogens is 430 g/mol. The Morgan fingerprint density at radius 2 is 1.53 bits per heavy atom. The van der Waals surface area contributed by atoms with Crippen molar-refractivity contribution < 1.29 is 14.4 Å². The number of rotatable bonds is 7. The Balaban J connectivity index is 1.11. The summed E-state index contributed by atoms with van der Waals surface area (Å²) in [6, 6.07) is 15.0. The first-order valence-electron chi connectivity index (χ1n) is 11.6. The topological polar surface area (TPSA) is 85.9 Å². The van der Waals surface area contributed by atoms with Crippen LogP contribution in [0.1, 0.15) is 26.3 Å². The van der Waals surface area contributed by atoms with Crippen molar-refractivity contribution in [3.63, 3.8) is 0 Å². The Morgan fingerprint density at radius 3 is 2.18 bits per heavy atom. The number of hydrogen-bond acceptors (Lipinski definition) is 6. The van der Waals surface area contributed by atoms with Gasteiger partial charge in [0, 0.05) is 74.7 Å². The zero-order valence-electron chi connectivity index (χ0n) is 18.9. The number of carbonyl (C=O) groups excluding carboxylic acids is 3. The van der Waals surface area contributed by atoms with Crippen molar-refractivity contribution in [3.8, 4) is 0 Å². The molecule has 2 aromatic carbocycles. The van der Waals surface area contributed by atoms with Crippen LogP contribution in [0.25, 0.3) is 10.8 Å². The van der Waals surface area contributed by atoms with Crippen LogP contribution in [-0.2, 0) is 11.3 Å². The zero-order chi connectivity index (χ0) is 23.5. The largest absolute Gasteiger partial charge is 0.351 e. The highest BCUT2D eigenvalue weighted by Crippen LogP contribution is 2.29. The van der Waals surface area contributed by atoms with Crippen molar-refractivity contribution in [1.82, 2.24) is 25.0 Å². The SMILES string of the molecule is O=C(CN1CCN(CCN2C(=O)c3cccc4cccc(c34)C2=O)CC1)NCc1cccnc1. The van der Waals surface area contributed by atoms with E-state index in [9.17, 15) is 14.4 Å². The molecule has 3 heterocycles. The lowest BCUT2D eigenvalue weighted by atomic mass is 9.94. The molecule has 0 atom stereocenters. The van der Waals surface area contributed by atoms with E-state index in [1.54, 1.807) is 24.5 Å². The van der Waals surface area contributed by atoms with Crippen LogP contribution in [0.4, 0.5) is 0 Å². The average Bonchev–Trinajstić information content (AvgIpc) is 2.87. The second kappa shape index (κ2) is 9.70. The summed E-state index contributed by atoms with van der Waals surface area (Å²) < 4.78 is 0. The van der Waals surface area contributed by atoms with Crippen LogP contribution in [0.5, 0.6) is 0 Å². The summed E-state index contributed by atoms with van der Waals surface area (Å²) in [6.07, 6.45) is 3.46. The van der Waals surface area contributed by atoms with E-state index in [0.29, 0.717) is 37.3 Å². The van der Waals surface area contributed by atoms with Crippen LogP contribution >= 0.6 is 0 Å². The summed E-state index contributed by atoms with van der Waals surface area (Å²) in [5.41, 5.74) is 2.16. The minimum Gasteiger partial charge on any atom is -0.351 e. The van der Waals surface area contributed by atoms with E-state index in [-0.39, 0.29) is 17.7 Å². The van der Waals surface area contributed by atoms with Crippen LogP contribution in [0.2, 0.25) is 0 Å². The number of aromatic nitrogens is 1. The van der Waals surface area contributed by atoms with Crippen molar-refractivity contribution in [3.05, 3.63) is 77.6 Å². The van der Waals surface area contributed by atoms with Gasteiger partial charge in [-0.3, -0.25) is 34.1 Å². The molecular formula is C26H27N5O3. The molecule has 8 heteroatoms. The Bertz CT molecular complexity index is 1170. The third kappa shape index (κ3) is 4.55. The number of imide groups is 1. The van der Waals surface area contributed by atoms with E-state index >= 15 is 0 Å². The van der Waals surface area contributed by atoms with Crippen molar-refractivity contribution in [2.75, 3.05) is 45.8 Å². The number of nitrogens with zero attached hydrogens (tertiary/aromatic N) is 4. The first kappa shape index (κ1) is 22.2. The highest BCUT2D eigenvalue weighted by Gasteiger charge is 2.32. The van der Waals surface area contributed by atoms with Gasteiger partial charge in [-0.1, -0.05) is 30.3 Å². The van der Waals surface area contributed by atoms with Gasteiger partial charge < -0.3 is 5.32 Å². The van der Waals surface area contributed by atoms with Crippen molar-refractivity contribution in [1.29, 1.82) is 0 Å². The van der Waals surface area contributed by atoms with Gasteiger partial charge in [-0.05, 0) is 29.1 Å². The molecule has 0 spiro atoms. The molecule has 0 bridgehead atoms. The average molecular weight is 458 g/mol. The molecule has 3 aromatic rings. The van der Waals surface area contributed by atoms with Gasteiger partial charge in [-0.15, -0.1) is 0 Å². The molecule has 0 saturated carbocycles. The van der Waals surface area contributed by atoms with Gasteiger partial charge in [0.2, 0.25) is 5.91 Å². The molecule has 8 nitrogen and oxygen atoms in total. The smallest absolute Gasteiger partial charge is 0.261 e. The lowest BCUT2D eigenvalue weighted by molar-refractivity contribution is -0.122. The first-order chi connectivity index (χ1) is 16.6. The van der Waals surface area contributed by atoms with Gasteiger partial charge in [-0.25, -0.2) is 0 Å². The van der Waals surface area contributed by atoms with Gasteiger partial charge >= 0.3 is 0 Å². The summed E-state index contributed by atoms with van der Waals surface area (Å²) >= 11 is 0. The summed E-state index contributed by atoms with van der Waals surface area (Å²) in [7, 11) is 0. The number of carbonyl (C=O) groups is 3. The fourth-order valence-corrected chi connectivity index (χ4v) is 4.66. The molecule has 3 amide bonds. The van der Waals surface area contributed by atoms with E-state index < -0.39 is 0 Å². The van der Waals surface area contributed by atoms with E-state index in [0.717, 1.165) is 42.5 Å². The van der Waals surface area contributed by atoms with Crippen molar-refractivity contribution in [2.24, 2.45) is 0 Å². The van der Waals surface area contributed by atoms with Gasteiger partial charge in [0.1, 0.15) is 0 Å². The predicted octanol–water partition coefficient (Wildman–Crippen LogP) is 1.76. The molecule has 2 aliphatic rings. The second-order valence-corrected chi connectivity index (χ2v) is 8.73. The third-order valence-corrected chi connectivity index (χ3v) is 6.54. The zero-order valence-corrected chi connectivity index (χ0v) is 18.9. The Kier molecular flexibility index (Phi) is 6.33. The molecule has 174 valence electrons. The highest BCUT2D eigenvalue weighted by atomic mass is 16.2. The molecule has 1 N–H and O–H groups in total. The van der Waals surface area contributed by atoms with Crippen molar-refractivity contribution >= 4 is 28.5 Å². The molecule has 0 unspecified atom stereocenters. The first-order valence-corrected chi connectivity index (χ1v) is 11.6. The third-order valence-electron chi connectivity index (χ3n) is 6.54. The van der Waals surface area contributed by atoms with Gasteiger partial charge in [0.05, 0.1) is 6.54 Å². The fourth-order valence-electron chi connectivity index (χ4n) is 4.66. The fraction of sp³-hybridized carbons (Fsp3) is 0.308. The number of pyridine rings is 1. The quantitative estimate of drug-likeness (QED) is 0.545. The Hall–Kier alpha value is -3.62.